The van der Waals surface area contributed by atoms with Gasteiger partial charge in [-0.25, -0.2) is 0 Å². The molecule has 1 fully saturated rings. The highest BCUT2D eigenvalue weighted by Crippen LogP contribution is 2.19. The van der Waals surface area contributed by atoms with Crippen molar-refractivity contribution >= 4 is 35.8 Å². The first-order valence-electron chi connectivity index (χ1n) is 7.05. The van der Waals surface area contributed by atoms with Crippen molar-refractivity contribution in [2.75, 3.05) is 38.3 Å². The lowest BCUT2D eigenvalue weighted by Gasteiger charge is -2.31. The van der Waals surface area contributed by atoms with Crippen LogP contribution in [0.5, 0.6) is 0 Å². The van der Waals surface area contributed by atoms with E-state index in [1.54, 1.807) is 11.8 Å². The highest BCUT2D eigenvalue weighted by Gasteiger charge is 2.20. The first-order chi connectivity index (χ1) is 9.71. The Labute approximate surface area is 137 Å². The van der Waals surface area contributed by atoms with Crippen LogP contribution in [0.25, 0.3) is 0 Å². The second-order valence-corrected chi connectivity index (χ2v) is 6.02. The maximum absolute atomic E-state index is 12.1. The molecular weight excluding hydrogens is 306 g/mol. The molecule has 1 atom stereocenters. The number of likely N-dealkylation sites (tertiary alicyclic amines) is 1. The fraction of sp³-hybridized carbons (Fsp3) is 0.533. The van der Waals surface area contributed by atoms with Gasteiger partial charge in [0.1, 0.15) is 0 Å². The first kappa shape index (κ1) is 18.3. The van der Waals surface area contributed by atoms with Gasteiger partial charge in [0.25, 0.3) is 0 Å². The number of anilines is 1. The average Bonchev–Trinajstić information content (AvgIpc) is 2.47. The Kier molecular flexibility index (Phi) is 8.11. The number of nitrogens with one attached hydrogen (secondary N) is 2. The van der Waals surface area contributed by atoms with E-state index in [-0.39, 0.29) is 18.3 Å². The third-order valence-corrected chi connectivity index (χ3v) is 4.36. The summed E-state index contributed by atoms with van der Waals surface area (Å²) in [6.45, 7) is 2.44. The summed E-state index contributed by atoms with van der Waals surface area (Å²) in [5, 5.41) is 6.28. The van der Waals surface area contributed by atoms with Gasteiger partial charge in [0.05, 0.1) is 6.54 Å². The molecule has 1 heterocycles. The summed E-state index contributed by atoms with van der Waals surface area (Å²) in [6, 6.07) is 8.47. The fourth-order valence-corrected chi connectivity index (χ4v) is 3.00. The molecule has 0 aliphatic carbocycles. The second-order valence-electron chi connectivity index (χ2n) is 5.14. The van der Waals surface area contributed by atoms with Gasteiger partial charge >= 0.3 is 0 Å². The van der Waals surface area contributed by atoms with Crippen LogP contribution in [0.3, 0.4) is 0 Å². The van der Waals surface area contributed by atoms with Gasteiger partial charge < -0.3 is 10.6 Å². The molecule has 1 aromatic carbocycles. The van der Waals surface area contributed by atoms with Crippen molar-refractivity contribution in [1.82, 2.24) is 10.2 Å². The van der Waals surface area contributed by atoms with Crippen molar-refractivity contribution in [2.45, 2.75) is 23.8 Å². The van der Waals surface area contributed by atoms with Crippen LogP contribution < -0.4 is 10.6 Å². The van der Waals surface area contributed by atoms with E-state index in [0.29, 0.717) is 12.6 Å². The molecule has 1 aliphatic heterocycles. The predicted octanol–water partition coefficient (Wildman–Crippen LogP) is 2.45. The lowest BCUT2D eigenvalue weighted by Crippen LogP contribution is -2.46. The molecular formula is C15H24ClN3OS. The molecule has 0 spiro atoms. The molecule has 2 rings (SSSR count). The molecule has 1 aliphatic rings. The summed E-state index contributed by atoms with van der Waals surface area (Å²) in [5.41, 5.74) is 0.879. The molecule has 0 radical (unpaired) electrons. The number of rotatable bonds is 5. The minimum atomic E-state index is 0. The van der Waals surface area contributed by atoms with Crippen molar-refractivity contribution in [1.29, 1.82) is 0 Å². The molecule has 2 N–H and O–H groups in total. The van der Waals surface area contributed by atoms with Crippen molar-refractivity contribution in [3.63, 3.8) is 0 Å². The molecule has 1 saturated heterocycles. The topological polar surface area (TPSA) is 44.4 Å². The average molecular weight is 330 g/mol. The summed E-state index contributed by atoms with van der Waals surface area (Å²) in [5.74, 6) is 0.0695. The van der Waals surface area contributed by atoms with E-state index in [0.717, 1.165) is 30.1 Å². The summed E-state index contributed by atoms with van der Waals surface area (Å²) in [7, 11) is 1.99. The number of nitrogens with zero attached hydrogens (tertiary/aromatic N) is 1. The van der Waals surface area contributed by atoms with Crippen LogP contribution in [-0.4, -0.2) is 49.8 Å². The van der Waals surface area contributed by atoms with Crippen LogP contribution in [0.4, 0.5) is 5.69 Å². The largest absolute Gasteiger partial charge is 0.325 e. The van der Waals surface area contributed by atoms with E-state index < -0.39 is 0 Å². The molecule has 6 heteroatoms. The van der Waals surface area contributed by atoms with Crippen LogP contribution in [0, 0.1) is 0 Å². The normalized spacial score (nSPS) is 18.9. The lowest BCUT2D eigenvalue weighted by atomic mass is 10.1. The third-order valence-electron chi connectivity index (χ3n) is 3.63. The molecule has 1 unspecified atom stereocenters. The van der Waals surface area contributed by atoms with Crippen molar-refractivity contribution in [3.8, 4) is 0 Å². The van der Waals surface area contributed by atoms with Gasteiger partial charge in [-0.2, -0.15) is 0 Å². The first-order valence-corrected chi connectivity index (χ1v) is 8.27. The second kappa shape index (κ2) is 9.30. The third kappa shape index (κ3) is 5.87. The molecule has 1 aromatic rings. The summed E-state index contributed by atoms with van der Waals surface area (Å²) in [6.07, 6.45) is 4.39. The van der Waals surface area contributed by atoms with Crippen LogP contribution in [0.1, 0.15) is 12.8 Å². The quantitative estimate of drug-likeness (QED) is 0.814. The number of hydrogen-bond donors (Lipinski definition) is 2. The standard InChI is InChI=1S/C15H23N3OS.ClH/c1-16-13-6-4-8-18(10-13)11-15(19)17-12-5-3-7-14(9-12)20-2;/h3,5,7,9,13,16H,4,6,8,10-11H2,1-2H3,(H,17,19);1H. The number of amides is 1. The molecule has 0 bridgehead atoms. The number of hydrogen-bond acceptors (Lipinski definition) is 4. The van der Waals surface area contributed by atoms with Crippen LogP contribution in [0.15, 0.2) is 29.2 Å². The monoisotopic (exact) mass is 329 g/mol. The van der Waals surface area contributed by atoms with Gasteiger partial charge in [-0.05, 0) is 50.9 Å². The molecule has 1 amide bonds. The number of carbonyl (C=O) groups excluding carboxylic acids is 1. The highest BCUT2D eigenvalue weighted by molar-refractivity contribution is 7.98. The Morgan fingerprint density at radius 1 is 1.48 bits per heavy atom. The Morgan fingerprint density at radius 3 is 3.00 bits per heavy atom. The van der Waals surface area contributed by atoms with E-state index in [2.05, 4.69) is 15.5 Å². The van der Waals surface area contributed by atoms with E-state index in [4.69, 9.17) is 0 Å². The molecule has 118 valence electrons. The Bertz CT molecular complexity index is 458. The van der Waals surface area contributed by atoms with Gasteiger partial charge in [0.15, 0.2) is 0 Å². The van der Waals surface area contributed by atoms with Crippen molar-refractivity contribution in [2.24, 2.45) is 0 Å². The maximum atomic E-state index is 12.1. The zero-order valence-corrected chi connectivity index (χ0v) is 14.2. The summed E-state index contributed by atoms with van der Waals surface area (Å²) < 4.78 is 0. The lowest BCUT2D eigenvalue weighted by molar-refractivity contribution is -0.117. The van der Waals surface area contributed by atoms with Gasteiger partial charge in [-0.3, -0.25) is 9.69 Å². The number of piperidine rings is 1. The zero-order valence-electron chi connectivity index (χ0n) is 12.6. The van der Waals surface area contributed by atoms with E-state index >= 15 is 0 Å². The minimum Gasteiger partial charge on any atom is -0.325 e. The number of halogens is 1. The van der Waals surface area contributed by atoms with Crippen LogP contribution in [0.2, 0.25) is 0 Å². The van der Waals surface area contributed by atoms with Gasteiger partial charge in [0, 0.05) is 23.2 Å². The number of benzene rings is 1. The number of carbonyl (C=O) groups is 1. The fourth-order valence-electron chi connectivity index (χ4n) is 2.54. The molecule has 0 saturated carbocycles. The molecule has 4 nitrogen and oxygen atoms in total. The van der Waals surface area contributed by atoms with Crippen LogP contribution >= 0.6 is 24.2 Å². The SMILES string of the molecule is CNC1CCCN(CC(=O)Nc2cccc(SC)c2)C1.Cl. The van der Waals surface area contributed by atoms with Gasteiger partial charge in [0.2, 0.25) is 5.91 Å². The Hall–Kier alpha value is -0.750. The Morgan fingerprint density at radius 2 is 2.29 bits per heavy atom. The van der Waals surface area contributed by atoms with Gasteiger partial charge in [-0.1, -0.05) is 6.07 Å². The van der Waals surface area contributed by atoms with E-state index in [1.807, 2.05) is 37.6 Å². The predicted molar refractivity (Wildman–Crippen MR) is 92.6 cm³/mol. The van der Waals surface area contributed by atoms with E-state index in [9.17, 15) is 4.79 Å². The summed E-state index contributed by atoms with van der Waals surface area (Å²) in [4.78, 5) is 15.5. The minimum absolute atomic E-state index is 0. The van der Waals surface area contributed by atoms with Crippen LogP contribution in [-0.2, 0) is 4.79 Å². The van der Waals surface area contributed by atoms with E-state index in [1.165, 1.54) is 6.42 Å². The van der Waals surface area contributed by atoms with Crippen molar-refractivity contribution in [3.05, 3.63) is 24.3 Å². The number of thioether (sulfide) groups is 1. The Balaban J connectivity index is 0.00000220. The summed E-state index contributed by atoms with van der Waals surface area (Å²) >= 11 is 1.68. The highest BCUT2D eigenvalue weighted by atomic mass is 35.5. The zero-order chi connectivity index (χ0) is 14.4. The number of likely N-dealkylation sites (N-methyl/N-ethyl adjacent to an activating group) is 1. The molecule has 0 aromatic heterocycles. The smallest absolute Gasteiger partial charge is 0.238 e. The van der Waals surface area contributed by atoms with Gasteiger partial charge in [-0.15, -0.1) is 24.2 Å². The molecule has 21 heavy (non-hydrogen) atoms. The maximum Gasteiger partial charge on any atom is 0.238 e. The van der Waals surface area contributed by atoms with Crippen molar-refractivity contribution < 1.29 is 4.79 Å².